The number of hydrogen-bond donors (Lipinski definition) is 0. The number of amides is 1. The van der Waals surface area contributed by atoms with E-state index in [1.807, 2.05) is 47.4 Å². The summed E-state index contributed by atoms with van der Waals surface area (Å²) in [6.45, 7) is 5.17. The van der Waals surface area contributed by atoms with Gasteiger partial charge in [-0.15, -0.1) is 0 Å². The summed E-state index contributed by atoms with van der Waals surface area (Å²) in [5.74, 6) is 1.39. The van der Waals surface area contributed by atoms with Gasteiger partial charge in [-0.1, -0.05) is 29.3 Å². The fourth-order valence-electron chi connectivity index (χ4n) is 3.97. The first-order valence-corrected chi connectivity index (χ1v) is 11.6. The molecule has 1 fully saturated rings. The van der Waals surface area contributed by atoms with E-state index in [2.05, 4.69) is 11.8 Å². The van der Waals surface area contributed by atoms with Crippen LogP contribution in [0.5, 0.6) is 11.5 Å². The quantitative estimate of drug-likeness (QED) is 0.439. The summed E-state index contributed by atoms with van der Waals surface area (Å²) in [6, 6.07) is 18.6. The SMILES string of the molecule is COc1ccc(C(=O)N2CCN(c3cc(Cl)ccc3C)CC2)cc1COc1ccc(Cl)cc1. The predicted molar refractivity (Wildman–Crippen MR) is 133 cm³/mol. The van der Waals surface area contributed by atoms with Crippen LogP contribution >= 0.6 is 23.2 Å². The normalized spacial score (nSPS) is 13.7. The maximum atomic E-state index is 13.2. The molecule has 1 aliphatic heterocycles. The first-order valence-electron chi connectivity index (χ1n) is 10.8. The molecule has 4 rings (SSSR count). The second-order valence-corrected chi connectivity index (χ2v) is 8.85. The van der Waals surface area contributed by atoms with Gasteiger partial charge in [0.25, 0.3) is 5.91 Å². The molecule has 0 saturated carbocycles. The van der Waals surface area contributed by atoms with Crippen molar-refractivity contribution >= 4 is 34.8 Å². The highest BCUT2D eigenvalue weighted by Gasteiger charge is 2.24. The number of carbonyl (C=O) groups is 1. The Kier molecular flexibility index (Phi) is 7.31. The van der Waals surface area contributed by atoms with Crippen LogP contribution in [-0.4, -0.2) is 44.1 Å². The maximum absolute atomic E-state index is 13.2. The van der Waals surface area contributed by atoms with Gasteiger partial charge in [0.05, 0.1) is 7.11 Å². The van der Waals surface area contributed by atoms with Crippen LogP contribution in [0.25, 0.3) is 0 Å². The summed E-state index contributed by atoms with van der Waals surface area (Å²) >= 11 is 12.1. The number of nitrogens with zero attached hydrogens (tertiary/aromatic N) is 2. The number of ether oxygens (including phenoxy) is 2. The molecule has 0 radical (unpaired) electrons. The summed E-state index contributed by atoms with van der Waals surface area (Å²) in [7, 11) is 1.61. The molecule has 5 nitrogen and oxygen atoms in total. The first-order chi connectivity index (χ1) is 15.9. The van der Waals surface area contributed by atoms with Gasteiger partial charge < -0.3 is 19.3 Å². The van der Waals surface area contributed by atoms with E-state index in [9.17, 15) is 4.79 Å². The predicted octanol–water partition coefficient (Wildman–Crippen LogP) is 5.85. The third kappa shape index (κ3) is 5.55. The molecule has 1 amide bonds. The van der Waals surface area contributed by atoms with Crippen molar-refractivity contribution in [2.24, 2.45) is 0 Å². The van der Waals surface area contributed by atoms with Crippen LogP contribution in [0.15, 0.2) is 60.7 Å². The summed E-state index contributed by atoms with van der Waals surface area (Å²) in [5.41, 5.74) is 3.74. The van der Waals surface area contributed by atoms with Crippen LogP contribution in [0, 0.1) is 6.92 Å². The van der Waals surface area contributed by atoms with Gasteiger partial charge in [-0.2, -0.15) is 0 Å². The second kappa shape index (κ2) is 10.4. The van der Waals surface area contributed by atoms with E-state index in [1.165, 1.54) is 5.56 Å². The number of aryl methyl sites for hydroxylation is 1. The highest BCUT2D eigenvalue weighted by molar-refractivity contribution is 6.31. The third-order valence-electron chi connectivity index (χ3n) is 5.81. The lowest BCUT2D eigenvalue weighted by Crippen LogP contribution is -2.49. The molecule has 0 spiro atoms. The number of halogens is 2. The van der Waals surface area contributed by atoms with Gasteiger partial charge in [0.1, 0.15) is 18.1 Å². The fraction of sp³-hybridized carbons (Fsp3) is 0.269. The summed E-state index contributed by atoms with van der Waals surface area (Å²) in [4.78, 5) is 17.4. The molecule has 172 valence electrons. The van der Waals surface area contributed by atoms with E-state index in [0.29, 0.717) is 35.2 Å². The zero-order valence-electron chi connectivity index (χ0n) is 18.7. The highest BCUT2D eigenvalue weighted by Crippen LogP contribution is 2.27. The number of anilines is 1. The topological polar surface area (TPSA) is 42.0 Å². The summed E-state index contributed by atoms with van der Waals surface area (Å²) < 4.78 is 11.3. The lowest BCUT2D eigenvalue weighted by atomic mass is 10.1. The van der Waals surface area contributed by atoms with Crippen molar-refractivity contribution in [2.45, 2.75) is 13.5 Å². The fourth-order valence-corrected chi connectivity index (χ4v) is 4.26. The molecule has 0 bridgehead atoms. The minimum absolute atomic E-state index is 0.00728. The highest BCUT2D eigenvalue weighted by atomic mass is 35.5. The van der Waals surface area contributed by atoms with Gasteiger partial charge in [-0.3, -0.25) is 4.79 Å². The molecule has 7 heteroatoms. The van der Waals surface area contributed by atoms with E-state index in [1.54, 1.807) is 25.3 Å². The van der Waals surface area contributed by atoms with Crippen molar-refractivity contribution in [3.63, 3.8) is 0 Å². The average molecular weight is 485 g/mol. The van der Waals surface area contributed by atoms with Crippen LogP contribution in [0.2, 0.25) is 10.0 Å². The Bertz CT molecular complexity index is 1130. The van der Waals surface area contributed by atoms with E-state index in [4.69, 9.17) is 32.7 Å². The number of piperazine rings is 1. The zero-order valence-corrected chi connectivity index (χ0v) is 20.2. The molecule has 33 heavy (non-hydrogen) atoms. The van der Waals surface area contributed by atoms with Gasteiger partial charge in [0.2, 0.25) is 0 Å². The Morgan fingerprint density at radius 1 is 0.909 bits per heavy atom. The van der Waals surface area contributed by atoms with Gasteiger partial charge in [-0.05, 0) is 67.1 Å². The number of rotatable bonds is 6. The summed E-state index contributed by atoms with van der Waals surface area (Å²) in [6.07, 6.45) is 0. The third-order valence-corrected chi connectivity index (χ3v) is 6.30. The molecular formula is C26H26Cl2N2O3. The van der Waals surface area contributed by atoms with Gasteiger partial charge in [0.15, 0.2) is 0 Å². The van der Waals surface area contributed by atoms with Crippen LogP contribution < -0.4 is 14.4 Å². The Labute approximate surface area is 204 Å². The number of hydrogen-bond acceptors (Lipinski definition) is 4. The van der Waals surface area contributed by atoms with Gasteiger partial charge in [0, 0.05) is 53.0 Å². The van der Waals surface area contributed by atoms with Crippen molar-refractivity contribution in [1.82, 2.24) is 4.90 Å². The largest absolute Gasteiger partial charge is 0.496 e. The van der Waals surface area contributed by atoms with Crippen molar-refractivity contribution < 1.29 is 14.3 Å². The molecule has 0 atom stereocenters. The van der Waals surface area contributed by atoms with Crippen LogP contribution in [0.4, 0.5) is 5.69 Å². The average Bonchev–Trinajstić information content (AvgIpc) is 2.84. The van der Waals surface area contributed by atoms with E-state index >= 15 is 0 Å². The number of benzene rings is 3. The minimum atomic E-state index is 0.00728. The number of methoxy groups -OCH3 is 1. The van der Waals surface area contributed by atoms with Gasteiger partial charge >= 0.3 is 0 Å². The Morgan fingerprint density at radius 2 is 1.61 bits per heavy atom. The Hall–Kier alpha value is -2.89. The lowest BCUT2D eigenvalue weighted by molar-refractivity contribution is 0.0746. The standard InChI is InChI=1S/C26H26Cl2N2O3/c1-18-3-5-22(28)16-24(18)29-11-13-30(14-12-29)26(31)19-4-10-25(32-2)20(15-19)17-33-23-8-6-21(27)7-9-23/h3-10,15-16H,11-14,17H2,1-2H3. The molecule has 3 aromatic rings. The minimum Gasteiger partial charge on any atom is -0.496 e. The smallest absolute Gasteiger partial charge is 0.253 e. The lowest BCUT2D eigenvalue weighted by Gasteiger charge is -2.37. The van der Waals surface area contributed by atoms with Gasteiger partial charge in [-0.25, -0.2) is 0 Å². The van der Waals surface area contributed by atoms with E-state index in [0.717, 1.165) is 29.4 Å². The zero-order chi connectivity index (χ0) is 23.4. The van der Waals surface area contributed by atoms with Crippen molar-refractivity contribution in [3.8, 4) is 11.5 Å². The van der Waals surface area contributed by atoms with Crippen LogP contribution in [0.3, 0.4) is 0 Å². The van der Waals surface area contributed by atoms with Crippen molar-refractivity contribution in [3.05, 3.63) is 87.4 Å². The monoisotopic (exact) mass is 484 g/mol. The molecule has 1 heterocycles. The van der Waals surface area contributed by atoms with Crippen LogP contribution in [0.1, 0.15) is 21.5 Å². The first kappa shape index (κ1) is 23.3. The molecule has 0 aromatic heterocycles. The molecule has 1 aliphatic rings. The molecule has 0 N–H and O–H groups in total. The Balaban J connectivity index is 1.43. The van der Waals surface area contributed by atoms with Crippen molar-refractivity contribution in [2.75, 3.05) is 38.2 Å². The molecule has 1 saturated heterocycles. The molecular weight excluding hydrogens is 459 g/mol. The summed E-state index contributed by atoms with van der Waals surface area (Å²) in [5, 5.41) is 1.37. The van der Waals surface area contributed by atoms with E-state index in [-0.39, 0.29) is 12.5 Å². The van der Waals surface area contributed by atoms with E-state index < -0.39 is 0 Å². The maximum Gasteiger partial charge on any atom is 0.253 e. The second-order valence-electron chi connectivity index (χ2n) is 7.98. The van der Waals surface area contributed by atoms with Crippen LogP contribution in [-0.2, 0) is 6.61 Å². The molecule has 3 aromatic carbocycles. The number of carbonyl (C=O) groups excluding carboxylic acids is 1. The van der Waals surface area contributed by atoms with Crippen molar-refractivity contribution in [1.29, 1.82) is 0 Å². The Morgan fingerprint density at radius 3 is 2.30 bits per heavy atom. The molecule has 0 aliphatic carbocycles. The molecule has 0 unspecified atom stereocenters.